The number of fused-ring (bicyclic) bond motifs is 3. The molecule has 5 rings (SSSR count). The number of unbranched alkanes of at least 4 members (excludes halogenated alkanes) is 10. The Labute approximate surface area is 285 Å². The molecule has 0 radical (unpaired) electrons. The third kappa shape index (κ3) is 7.80. The van der Waals surface area contributed by atoms with Crippen LogP contribution >= 0.6 is 0 Å². The van der Waals surface area contributed by atoms with Crippen molar-refractivity contribution in [1.29, 1.82) is 0 Å². The van der Waals surface area contributed by atoms with E-state index in [2.05, 4.69) is 114 Å². The maximum atomic E-state index is 6.37. The number of hydrogen-bond acceptors (Lipinski definition) is 2. The van der Waals surface area contributed by atoms with Crippen LogP contribution in [0.5, 0.6) is 11.5 Å². The van der Waals surface area contributed by atoms with E-state index in [9.17, 15) is 0 Å². The topological polar surface area (TPSA) is 18.5 Å². The van der Waals surface area contributed by atoms with Gasteiger partial charge in [0, 0.05) is 0 Å². The van der Waals surface area contributed by atoms with Crippen molar-refractivity contribution in [2.45, 2.75) is 124 Å². The zero-order valence-electron chi connectivity index (χ0n) is 30.1. The normalized spacial score (nSPS) is 13.0. The van der Waals surface area contributed by atoms with Gasteiger partial charge in [0.2, 0.25) is 0 Å². The number of benzene rings is 4. The predicted molar refractivity (Wildman–Crippen MR) is 200 cm³/mol. The van der Waals surface area contributed by atoms with Gasteiger partial charge in [-0.05, 0) is 97.2 Å². The Balaban J connectivity index is 1.50. The Morgan fingerprint density at radius 3 is 1.26 bits per heavy atom. The summed E-state index contributed by atoms with van der Waals surface area (Å²) in [5, 5.41) is 0. The van der Waals surface area contributed by atoms with Gasteiger partial charge in [0.1, 0.15) is 11.5 Å². The summed E-state index contributed by atoms with van der Waals surface area (Å²) >= 11 is 0. The molecule has 250 valence electrons. The SMILES string of the molecule is CCCCCCCCOc1ccc(C2(c3ccc(OCCCCCCCC)c(C)c3)c3cc(C)ccc3-c3ccc(C)cc32)cc1C. The molecule has 4 aromatic carbocycles. The molecular weight excluding hydrogens is 572 g/mol. The highest BCUT2D eigenvalue weighted by molar-refractivity contribution is 5.87. The van der Waals surface area contributed by atoms with Gasteiger partial charge in [0.15, 0.2) is 0 Å². The van der Waals surface area contributed by atoms with Gasteiger partial charge in [0.25, 0.3) is 0 Å². The zero-order chi connectivity index (χ0) is 33.2. The first kappa shape index (κ1) is 34.8. The summed E-state index contributed by atoms with van der Waals surface area (Å²) < 4.78 is 12.7. The van der Waals surface area contributed by atoms with Gasteiger partial charge in [-0.3, -0.25) is 0 Å². The fourth-order valence-corrected chi connectivity index (χ4v) is 7.56. The van der Waals surface area contributed by atoms with E-state index in [4.69, 9.17) is 9.47 Å². The molecule has 0 heterocycles. The zero-order valence-corrected chi connectivity index (χ0v) is 30.1. The van der Waals surface area contributed by atoms with E-state index >= 15 is 0 Å². The molecule has 0 atom stereocenters. The van der Waals surface area contributed by atoms with Crippen LogP contribution in [-0.2, 0) is 5.41 Å². The Morgan fingerprint density at radius 2 is 0.851 bits per heavy atom. The fourth-order valence-electron chi connectivity index (χ4n) is 7.56. The molecule has 0 saturated carbocycles. The van der Waals surface area contributed by atoms with Crippen molar-refractivity contribution in [3.8, 4) is 22.6 Å². The predicted octanol–water partition coefficient (Wildman–Crippen LogP) is 12.8. The van der Waals surface area contributed by atoms with Crippen LogP contribution in [0.4, 0.5) is 0 Å². The number of rotatable bonds is 18. The molecule has 47 heavy (non-hydrogen) atoms. The highest BCUT2D eigenvalue weighted by Crippen LogP contribution is 2.57. The van der Waals surface area contributed by atoms with Crippen LogP contribution < -0.4 is 9.47 Å². The third-order valence-corrected chi connectivity index (χ3v) is 10.2. The lowest BCUT2D eigenvalue weighted by molar-refractivity contribution is 0.302. The Bertz CT molecular complexity index is 1490. The highest BCUT2D eigenvalue weighted by Gasteiger charge is 2.46. The van der Waals surface area contributed by atoms with Crippen molar-refractivity contribution in [3.63, 3.8) is 0 Å². The third-order valence-electron chi connectivity index (χ3n) is 10.2. The molecule has 2 nitrogen and oxygen atoms in total. The molecule has 0 bridgehead atoms. The van der Waals surface area contributed by atoms with Crippen LogP contribution in [0.25, 0.3) is 11.1 Å². The van der Waals surface area contributed by atoms with Crippen LogP contribution in [-0.4, -0.2) is 13.2 Å². The maximum Gasteiger partial charge on any atom is 0.122 e. The second-order valence-electron chi connectivity index (χ2n) is 14.0. The van der Waals surface area contributed by atoms with E-state index < -0.39 is 5.41 Å². The fraction of sp³-hybridized carbons (Fsp3) is 0.467. The summed E-state index contributed by atoms with van der Waals surface area (Å²) in [5.74, 6) is 2.00. The van der Waals surface area contributed by atoms with Crippen molar-refractivity contribution < 1.29 is 9.47 Å². The van der Waals surface area contributed by atoms with Crippen molar-refractivity contribution in [2.75, 3.05) is 13.2 Å². The van der Waals surface area contributed by atoms with E-state index in [1.807, 2.05) is 0 Å². The summed E-state index contributed by atoms with van der Waals surface area (Å²) in [6.07, 6.45) is 15.2. The number of ether oxygens (including phenoxy) is 2. The average Bonchev–Trinajstić information content (AvgIpc) is 3.34. The second kappa shape index (κ2) is 16.5. The molecule has 4 aromatic rings. The number of hydrogen-bond donors (Lipinski definition) is 0. The Kier molecular flexibility index (Phi) is 12.2. The monoisotopic (exact) mass is 630 g/mol. The lowest BCUT2D eigenvalue weighted by Gasteiger charge is -2.35. The summed E-state index contributed by atoms with van der Waals surface area (Å²) in [4.78, 5) is 0. The van der Waals surface area contributed by atoms with Crippen molar-refractivity contribution in [2.24, 2.45) is 0 Å². The lowest BCUT2D eigenvalue weighted by Crippen LogP contribution is -2.29. The molecule has 0 aromatic heterocycles. The first-order valence-electron chi connectivity index (χ1n) is 18.6. The maximum absolute atomic E-state index is 6.37. The molecule has 0 fully saturated rings. The van der Waals surface area contributed by atoms with Gasteiger partial charge in [-0.25, -0.2) is 0 Å². The summed E-state index contributed by atoms with van der Waals surface area (Å²) in [6.45, 7) is 15.0. The van der Waals surface area contributed by atoms with Crippen LogP contribution in [0.1, 0.15) is 135 Å². The summed E-state index contributed by atoms with van der Waals surface area (Å²) in [7, 11) is 0. The largest absolute Gasteiger partial charge is 0.493 e. The molecule has 2 heteroatoms. The van der Waals surface area contributed by atoms with Gasteiger partial charge in [-0.1, -0.05) is 150 Å². The molecule has 0 spiro atoms. The number of aryl methyl sites for hydroxylation is 4. The molecule has 0 N–H and O–H groups in total. The quantitative estimate of drug-likeness (QED) is 0.0897. The summed E-state index contributed by atoms with van der Waals surface area (Å²) in [5.41, 5.74) is 12.5. The minimum atomic E-state index is -0.437. The van der Waals surface area contributed by atoms with Crippen molar-refractivity contribution in [3.05, 3.63) is 117 Å². The molecule has 1 aliphatic rings. The smallest absolute Gasteiger partial charge is 0.122 e. The summed E-state index contributed by atoms with van der Waals surface area (Å²) in [6, 6.07) is 27.9. The molecule has 0 saturated heterocycles. The lowest BCUT2D eigenvalue weighted by atomic mass is 9.67. The van der Waals surface area contributed by atoms with Gasteiger partial charge >= 0.3 is 0 Å². The van der Waals surface area contributed by atoms with Crippen LogP contribution in [0, 0.1) is 27.7 Å². The van der Waals surface area contributed by atoms with Gasteiger partial charge in [0.05, 0.1) is 18.6 Å². The standard InChI is InChI=1S/C45H58O2/c1-7-9-11-13-15-17-27-46-43-25-21-37(31-35(43)5)45(38-22-26-44(36(6)32-38)47-28-18-16-14-12-10-8-2)41-29-33(3)19-23-39(41)40-24-20-34(4)30-42(40)45/h19-26,29-32H,7-18,27-28H2,1-6H3. The van der Waals surface area contributed by atoms with Crippen molar-refractivity contribution in [1.82, 2.24) is 0 Å². The van der Waals surface area contributed by atoms with Gasteiger partial charge in [-0.2, -0.15) is 0 Å². The van der Waals surface area contributed by atoms with E-state index in [1.165, 1.54) is 120 Å². The highest BCUT2D eigenvalue weighted by atomic mass is 16.5. The molecular formula is C45H58O2. The van der Waals surface area contributed by atoms with Crippen LogP contribution in [0.3, 0.4) is 0 Å². The average molecular weight is 631 g/mol. The molecule has 0 aliphatic heterocycles. The molecule has 1 aliphatic carbocycles. The first-order chi connectivity index (χ1) is 22.9. The molecule has 0 amide bonds. The van der Waals surface area contributed by atoms with E-state index in [0.29, 0.717) is 0 Å². The molecule has 0 unspecified atom stereocenters. The Morgan fingerprint density at radius 1 is 0.447 bits per heavy atom. The van der Waals surface area contributed by atoms with E-state index in [-0.39, 0.29) is 0 Å². The van der Waals surface area contributed by atoms with Crippen molar-refractivity contribution >= 4 is 0 Å². The van der Waals surface area contributed by atoms with E-state index in [1.54, 1.807) is 0 Å². The van der Waals surface area contributed by atoms with Crippen LogP contribution in [0.2, 0.25) is 0 Å². The minimum absolute atomic E-state index is 0.437. The van der Waals surface area contributed by atoms with Gasteiger partial charge < -0.3 is 9.47 Å². The Hall–Kier alpha value is -3.52. The van der Waals surface area contributed by atoms with Crippen LogP contribution in [0.15, 0.2) is 72.8 Å². The van der Waals surface area contributed by atoms with E-state index in [0.717, 1.165) is 37.6 Å². The first-order valence-corrected chi connectivity index (χ1v) is 18.6. The minimum Gasteiger partial charge on any atom is -0.493 e. The second-order valence-corrected chi connectivity index (χ2v) is 14.0. The van der Waals surface area contributed by atoms with Gasteiger partial charge in [-0.15, -0.1) is 0 Å².